The Morgan fingerprint density at radius 3 is 2.90 bits per heavy atom. The standard InChI is InChI=1S/C9H17N/c1-3-8-4-6-9(10-2)7-5-8/h4,9-10H,3,5-7H2,1-2H3/t9-/m1/s1. The molecule has 1 N–H and O–H groups in total. The second-order valence-electron chi connectivity index (χ2n) is 2.98. The lowest BCUT2D eigenvalue weighted by atomic mass is 9.94. The zero-order valence-electron chi connectivity index (χ0n) is 6.98. The molecular weight excluding hydrogens is 122 g/mol. The van der Waals surface area contributed by atoms with Crippen LogP contribution in [0.4, 0.5) is 0 Å². The zero-order chi connectivity index (χ0) is 7.40. The summed E-state index contributed by atoms with van der Waals surface area (Å²) < 4.78 is 0. The Morgan fingerprint density at radius 1 is 1.70 bits per heavy atom. The minimum absolute atomic E-state index is 0.746. The Bertz CT molecular complexity index is 127. The van der Waals surface area contributed by atoms with E-state index in [1.807, 2.05) is 0 Å². The van der Waals surface area contributed by atoms with Gasteiger partial charge in [-0.1, -0.05) is 18.6 Å². The van der Waals surface area contributed by atoms with Crippen molar-refractivity contribution in [1.82, 2.24) is 5.32 Å². The van der Waals surface area contributed by atoms with Gasteiger partial charge in [0.2, 0.25) is 0 Å². The molecule has 0 radical (unpaired) electrons. The van der Waals surface area contributed by atoms with Gasteiger partial charge in [-0.05, 0) is 32.7 Å². The maximum Gasteiger partial charge on any atom is 0.0102 e. The lowest BCUT2D eigenvalue weighted by Crippen LogP contribution is -2.26. The third kappa shape index (κ3) is 1.84. The summed E-state index contributed by atoms with van der Waals surface area (Å²) in [6.45, 7) is 2.24. The van der Waals surface area contributed by atoms with Crippen molar-refractivity contribution in [2.75, 3.05) is 7.05 Å². The molecule has 0 saturated carbocycles. The van der Waals surface area contributed by atoms with Crippen LogP contribution in [-0.2, 0) is 0 Å². The van der Waals surface area contributed by atoms with Crippen LogP contribution < -0.4 is 5.32 Å². The highest BCUT2D eigenvalue weighted by Crippen LogP contribution is 2.19. The van der Waals surface area contributed by atoms with Crippen LogP contribution in [0, 0.1) is 0 Å². The fourth-order valence-electron chi connectivity index (χ4n) is 1.47. The molecule has 1 aliphatic rings. The van der Waals surface area contributed by atoms with Gasteiger partial charge >= 0.3 is 0 Å². The lowest BCUT2D eigenvalue weighted by Gasteiger charge is -2.20. The molecule has 0 aromatic rings. The molecule has 1 aliphatic carbocycles. The van der Waals surface area contributed by atoms with E-state index in [0.717, 1.165) is 6.04 Å². The minimum Gasteiger partial charge on any atom is -0.317 e. The topological polar surface area (TPSA) is 12.0 Å². The molecule has 1 heteroatoms. The first-order valence-electron chi connectivity index (χ1n) is 4.22. The number of nitrogens with one attached hydrogen (secondary N) is 1. The van der Waals surface area contributed by atoms with Gasteiger partial charge in [0, 0.05) is 6.04 Å². The van der Waals surface area contributed by atoms with Crippen LogP contribution >= 0.6 is 0 Å². The number of rotatable bonds is 2. The highest BCUT2D eigenvalue weighted by atomic mass is 14.9. The largest absolute Gasteiger partial charge is 0.317 e. The van der Waals surface area contributed by atoms with Crippen LogP contribution in [0.15, 0.2) is 11.6 Å². The molecule has 0 bridgehead atoms. The Labute approximate surface area is 63.5 Å². The fraction of sp³-hybridized carbons (Fsp3) is 0.778. The van der Waals surface area contributed by atoms with Crippen molar-refractivity contribution in [3.05, 3.63) is 11.6 Å². The molecule has 10 heavy (non-hydrogen) atoms. The van der Waals surface area contributed by atoms with E-state index in [4.69, 9.17) is 0 Å². The second-order valence-corrected chi connectivity index (χ2v) is 2.98. The van der Waals surface area contributed by atoms with E-state index in [0.29, 0.717) is 0 Å². The van der Waals surface area contributed by atoms with E-state index in [-0.39, 0.29) is 0 Å². The van der Waals surface area contributed by atoms with Crippen molar-refractivity contribution in [1.29, 1.82) is 0 Å². The molecule has 0 heterocycles. The lowest BCUT2D eigenvalue weighted by molar-refractivity contribution is 0.502. The Kier molecular flexibility index (Phi) is 2.94. The molecule has 0 aromatic heterocycles. The molecule has 1 rings (SSSR count). The van der Waals surface area contributed by atoms with E-state index in [1.54, 1.807) is 5.57 Å². The summed E-state index contributed by atoms with van der Waals surface area (Å²) in [5.41, 5.74) is 1.64. The van der Waals surface area contributed by atoms with Gasteiger partial charge < -0.3 is 5.32 Å². The smallest absolute Gasteiger partial charge is 0.0102 e. The molecule has 1 atom stereocenters. The molecule has 1 nitrogen and oxygen atoms in total. The highest BCUT2D eigenvalue weighted by Gasteiger charge is 2.10. The summed E-state index contributed by atoms with van der Waals surface area (Å²) in [6, 6.07) is 0.746. The van der Waals surface area contributed by atoms with Crippen LogP contribution in [0.2, 0.25) is 0 Å². The predicted molar refractivity (Wildman–Crippen MR) is 45.1 cm³/mol. The summed E-state index contributed by atoms with van der Waals surface area (Å²) in [5.74, 6) is 0. The quantitative estimate of drug-likeness (QED) is 0.578. The maximum atomic E-state index is 3.30. The van der Waals surface area contributed by atoms with Gasteiger partial charge in [0.15, 0.2) is 0 Å². The summed E-state index contributed by atoms with van der Waals surface area (Å²) in [5, 5.41) is 3.30. The van der Waals surface area contributed by atoms with Crippen molar-refractivity contribution >= 4 is 0 Å². The predicted octanol–water partition coefficient (Wildman–Crippen LogP) is 2.09. The van der Waals surface area contributed by atoms with E-state index in [2.05, 4.69) is 25.4 Å². The molecule has 0 unspecified atom stereocenters. The monoisotopic (exact) mass is 139 g/mol. The summed E-state index contributed by atoms with van der Waals surface area (Å²) in [4.78, 5) is 0. The van der Waals surface area contributed by atoms with Gasteiger partial charge in [-0.15, -0.1) is 0 Å². The van der Waals surface area contributed by atoms with Gasteiger partial charge in [-0.25, -0.2) is 0 Å². The maximum absolute atomic E-state index is 3.30. The third-order valence-electron chi connectivity index (χ3n) is 2.37. The van der Waals surface area contributed by atoms with Crippen LogP contribution in [0.1, 0.15) is 32.6 Å². The van der Waals surface area contributed by atoms with Crippen LogP contribution in [0.3, 0.4) is 0 Å². The first-order chi connectivity index (χ1) is 4.86. The molecule has 0 aliphatic heterocycles. The molecular formula is C9H17N. The third-order valence-corrected chi connectivity index (χ3v) is 2.37. The Hall–Kier alpha value is -0.300. The molecule has 0 saturated heterocycles. The van der Waals surface area contributed by atoms with Gasteiger partial charge in [0.1, 0.15) is 0 Å². The fourth-order valence-corrected chi connectivity index (χ4v) is 1.47. The minimum atomic E-state index is 0.746. The SMILES string of the molecule is CCC1=CC[C@@H](NC)CC1. The molecule has 0 spiro atoms. The first-order valence-corrected chi connectivity index (χ1v) is 4.22. The van der Waals surface area contributed by atoms with Crippen molar-refractivity contribution in [2.45, 2.75) is 38.6 Å². The van der Waals surface area contributed by atoms with E-state index in [1.165, 1.54) is 25.7 Å². The normalized spacial score (nSPS) is 26.2. The summed E-state index contributed by atoms with van der Waals surface area (Å²) in [6.07, 6.45) is 7.51. The summed E-state index contributed by atoms with van der Waals surface area (Å²) >= 11 is 0. The van der Waals surface area contributed by atoms with Gasteiger partial charge in [0.25, 0.3) is 0 Å². The van der Waals surface area contributed by atoms with Gasteiger partial charge in [0.05, 0.1) is 0 Å². The number of allylic oxidation sites excluding steroid dienone is 1. The van der Waals surface area contributed by atoms with Crippen molar-refractivity contribution < 1.29 is 0 Å². The molecule has 58 valence electrons. The van der Waals surface area contributed by atoms with E-state index < -0.39 is 0 Å². The van der Waals surface area contributed by atoms with Crippen LogP contribution in [0.5, 0.6) is 0 Å². The Balaban J connectivity index is 2.36. The number of hydrogen-bond acceptors (Lipinski definition) is 1. The highest BCUT2D eigenvalue weighted by molar-refractivity contribution is 5.06. The number of hydrogen-bond donors (Lipinski definition) is 1. The van der Waals surface area contributed by atoms with Crippen LogP contribution in [0.25, 0.3) is 0 Å². The summed E-state index contributed by atoms with van der Waals surface area (Å²) in [7, 11) is 2.05. The van der Waals surface area contributed by atoms with Crippen LogP contribution in [-0.4, -0.2) is 13.1 Å². The van der Waals surface area contributed by atoms with E-state index in [9.17, 15) is 0 Å². The molecule has 0 aromatic carbocycles. The van der Waals surface area contributed by atoms with Crippen molar-refractivity contribution in [3.63, 3.8) is 0 Å². The average Bonchev–Trinajstić information content (AvgIpc) is 2.05. The molecule has 0 fully saturated rings. The van der Waals surface area contributed by atoms with Crippen molar-refractivity contribution in [2.24, 2.45) is 0 Å². The Morgan fingerprint density at radius 2 is 2.50 bits per heavy atom. The van der Waals surface area contributed by atoms with Gasteiger partial charge in [-0.3, -0.25) is 0 Å². The van der Waals surface area contributed by atoms with Crippen molar-refractivity contribution in [3.8, 4) is 0 Å². The van der Waals surface area contributed by atoms with E-state index >= 15 is 0 Å². The first kappa shape index (κ1) is 7.80. The second kappa shape index (κ2) is 3.77. The molecule has 0 amide bonds. The average molecular weight is 139 g/mol. The van der Waals surface area contributed by atoms with Gasteiger partial charge in [-0.2, -0.15) is 0 Å². The zero-order valence-corrected chi connectivity index (χ0v) is 6.98.